The summed E-state index contributed by atoms with van der Waals surface area (Å²) in [5.74, 6) is -0.344. The Balaban J connectivity index is 2.03. The molecule has 0 saturated heterocycles. The van der Waals surface area contributed by atoms with Gasteiger partial charge < -0.3 is 5.32 Å². The van der Waals surface area contributed by atoms with Crippen LogP contribution in [0.25, 0.3) is 10.9 Å². The Morgan fingerprint density at radius 2 is 1.95 bits per heavy atom. The molecule has 1 heterocycles. The fourth-order valence-corrected chi connectivity index (χ4v) is 2.27. The third kappa shape index (κ3) is 2.58. The maximum absolute atomic E-state index is 13.4. The van der Waals surface area contributed by atoms with Gasteiger partial charge in [-0.1, -0.05) is 0 Å². The van der Waals surface area contributed by atoms with E-state index in [1.807, 2.05) is 0 Å². The molecule has 0 fully saturated rings. The third-order valence-corrected chi connectivity index (χ3v) is 3.39. The van der Waals surface area contributed by atoms with Gasteiger partial charge in [0.2, 0.25) is 0 Å². The molecule has 3 aromatic rings. The summed E-state index contributed by atoms with van der Waals surface area (Å²) < 4.78 is 13.4. The van der Waals surface area contributed by atoms with Crippen molar-refractivity contribution < 1.29 is 9.31 Å². The van der Waals surface area contributed by atoms with Crippen LogP contribution < -0.4 is 5.32 Å². The number of nitrogens with one attached hydrogen (secondary N) is 1. The number of nitrogens with zero attached hydrogens (tertiary/aromatic N) is 2. The normalized spacial score (nSPS) is 10.6. The molecule has 0 unspecified atom stereocenters. The molecule has 0 aliphatic heterocycles. The monoisotopic (exact) mass is 297 g/mol. The Morgan fingerprint density at radius 1 is 1.14 bits per heavy atom. The summed E-state index contributed by atoms with van der Waals surface area (Å²) in [6, 6.07) is 10.7. The zero-order valence-corrected chi connectivity index (χ0v) is 11.7. The zero-order valence-electron chi connectivity index (χ0n) is 11.7. The number of halogens is 1. The highest BCUT2D eigenvalue weighted by Crippen LogP contribution is 2.29. The quantitative estimate of drug-likeness (QED) is 0.577. The van der Waals surface area contributed by atoms with E-state index in [-0.39, 0.29) is 11.5 Å². The molecule has 0 saturated carbocycles. The van der Waals surface area contributed by atoms with Crippen LogP contribution in [0, 0.1) is 22.9 Å². The van der Waals surface area contributed by atoms with E-state index in [1.165, 1.54) is 24.3 Å². The molecule has 6 heteroatoms. The van der Waals surface area contributed by atoms with Gasteiger partial charge in [0, 0.05) is 35.1 Å². The molecule has 22 heavy (non-hydrogen) atoms. The van der Waals surface area contributed by atoms with Crippen LogP contribution in [0.3, 0.4) is 0 Å². The molecule has 0 atom stereocenters. The summed E-state index contributed by atoms with van der Waals surface area (Å²) >= 11 is 0. The van der Waals surface area contributed by atoms with Gasteiger partial charge in [0.15, 0.2) is 0 Å². The van der Waals surface area contributed by atoms with Crippen molar-refractivity contribution in [1.29, 1.82) is 0 Å². The lowest BCUT2D eigenvalue weighted by Gasteiger charge is -2.11. The smallest absolute Gasteiger partial charge is 0.269 e. The maximum atomic E-state index is 13.4. The molecule has 2 aromatic carbocycles. The average molecular weight is 297 g/mol. The molecule has 110 valence electrons. The fourth-order valence-electron chi connectivity index (χ4n) is 2.27. The minimum Gasteiger partial charge on any atom is -0.355 e. The maximum Gasteiger partial charge on any atom is 0.269 e. The number of hydrogen-bond donors (Lipinski definition) is 1. The number of fused-ring (bicyclic) bond motifs is 1. The van der Waals surface area contributed by atoms with E-state index in [0.29, 0.717) is 16.6 Å². The second-order valence-electron chi connectivity index (χ2n) is 4.90. The van der Waals surface area contributed by atoms with Gasteiger partial charge in [-0.25, -0.2) is 4.39 Å². The number of benzene rings is 2. The van der Waals surface area contributed by atoms with Gasteiger partial charge in [-0.15, -0.1) is 0 Å². The van der Waals surface area contributed by atoms with Crippen molar-refractivity contribution in [2.45, 2.75) is 6.92 Å². The van der Waals surface area contributed by atoms with Gasteiger partial charge in [-0.3, -0.25) is 15.1 Å². The van der Waals surface area contributed by atoms with Crippen LogP contribution in [0.4, 0.5) is 21.5 Å². The number of aromatic nitrogens is 1. The molecule has 0 radical (unpaired) electrons. The first-order valence-corrected chi connectivity index (χ1v) is 6.61. The first kappa shape index (κ1) is 13.9. The van der Waals surface area contributed by atoms with Crippen molar-refractivity contribution in [3.8, 4) is 0 Å². The number of nitro benzene ring substituents is 1. The Bertz CT molecular complexity index is 880. The van der Waals surface area contributed by atoms with E-state index >= 15 is 0 Å². The van der Waals surface area contributed by atoms with Crippen molar-refractivity contribution in [3.63, 3.8) is 0 Å². The molecule has 1 N–H and O–H groups in total. The number of nitro groups is 1. The molecular formula is C16H12FN3O2. The predicted octanol–water partition coefficient (Wildman–Crippen LogP) is 4.33. The Morgan fingerprint density at radius 3 is 2.68 bits per heavy atom. The highest BCUT2D eigenvalue weighted by molar-refractivity contribution is 5.93. The fraction of sp³-hybridized carbons (Fsp3) is 0.0625. The lowest BCUT2D eigenvalue weighted by Crippen LogP contribution is -1.96. The van der Waals surface area contributed by atoms with Gasteiger partial charge in [0.1, 0.15) is 5.82 Å². The van der Waals surface area contributed by atoms with Crippen LogP contribution in [0.1, 0.15) is 5.56 Å². The van der Waals surface area contributed by atoms with Gasteiger partial charge in [0.05, 0.1) is 10.4 Å². The first-order valence-electron chi connectivity index (χ1n) is 6.61. The highest BCUT2D eigenvalue weighted by atomic mass is 19.1. The summed E-state index contributed by atoms with van der Waals surface area (Å²) in [5, 5.41) is 14.6. The minimum atomic E-state index is -0.437. The molecule has 0 bridgehead atoms. The van der Waals surface area contributed by atoms with E-state index in [2.05, 4.69) is 10.3 Å². The highest BCUT2D eigenvalue weighted by Gasteiger charge is 2.10. The van der Waals surface area contributed by atoms with Crippen molar-refractivity contribution in [2.75, 3.05) is 5.32 Å². The van der Waals surface area contributed by atoms with Crippen molar-refractivity contribution in [3.05, 3.63) is 70.2 Å². The molecule has 0 aliphatic carbocycles. The summed E-state index contributed by atoms with van der Waals surface area (Å²) in [4.78, 5) is 14.5. The Kier molecular flexibility index (Phi) is 3.42. The Hall–Kier alpha value is -3.02. The van der Waals surface area contributed by atoms with Crippen LogP contribution >= 0.6 is 0 Å². The average Bonchev–Trinajstić information content (AvgIpc) is 2.49. The van der Waals surface area contributed by atoms with Gasteiger partial charge >= 0.3 is 0 Å². The Labute approximate surface area is 125 Å². The molecule has 0 amide bonds. The number of non-ortho nitro benzene ring substituents is 1. The standard InChI is InChI=1S/C16H12FN3O2/c1-10-8-12(20(21)22)3-5-14(10)19-16-6-7-18-15-4-2-11(17)9-13(15)16/h2-9H,1H3,(H,18,19). The number of pyridine rings is 1. The zero-order chi connectivity index (χ0) is 15.7. The lowest BCUT2D eigenvalue weighted by molar-refractivity contribution is -0.384. The van der Waals surface area contributed by atoms with Crippen LogP contribution in [0.2, 0.25) is 0 Å². The van der Waals surface area contributed by atoms with E-state index in [4.69, 9.17) is 0 Å². The topological polar surface area (TPSA) is 68.1 Å². The predicted molar refractivity (Wildman–Crippen MR) is 82.8 cm³/mol. The van der Waals surface area contributed by atoms with Gasteiger partial charge in [-0.2, -0.15) is 0 Å². The summed E-state index contributed by atoms with van der Waals surface area (Å²) in [5.41, 5.74) is 2.86. The second kappa shape index (κ2) is 5.40. The van der Waals surface area contributed by atoms with Crippen LogP contribution in [0.5, 0.6) is 0 Å². The summed E-state index contributed by atoms with van der Waals surface area (Å²) in [7, 11) is 0. The van der Waals surface area contributed by atoms with E-state index in [1.54, 1.807) is 31.3 Å². The minimum absolute atomic E-state index is 0.0358. The summed E-state index contributed by atoms with van der Waals surface area (Å²) in [6.07, 6.45) is 1.63. The summed E-state index contributed by atoms with van der Waals surface area (Å²) in [6.45, 7) is 1.78. The van der Waals surface area contributed by atoms with Crippen LogP contribution in [-0.2, 0) is 0 Å². The SMILES string of the molecule is Cc1cc([N+](=O)[O-])ccc1Nc1ccnc2ccc(F)cc12. The second-order valence-corrected chi connectivity index (χ2v) is 4.90. The van der Waals surface area contributed by atoms with Gasteiger partial charge in [-0.05, 0) is 42.8 Å². The number of hydrogen-bond acceptors (Lipinski definition) is 4. The molecular weight excluding hydrogens is 285 g/mol. The number of rotatable bonds is 3. The van der Waals surface area contributed by atoms with Crippen molar-refractivity contribution in [2.24, 2.45) is 0 Å². The molecule has 5 nitrogen and oxygen atoms in total. The molecule has 1 aromatic heterocycles. The first-order chi connectivity index (χ1) is 10.5. The molecule has 3 rings (SSSR count). The van der Waals surface area contributed by atoms with Crippen molar-refractivity contribution >= 4 is 28.0 Å². The van der Waals surface area contributed by atoms with Crippen LogP contribution in [-0.4, -0.2) is 9.91 Å². The van der Waals surface area contributed by atoms with Crippen molar-refractivity contribution in [1.82, 2.24) is 4.98 Å². The third-order valence-electron chi connectivity index (χ3n) is 3.39. The largest absolute Gasteiger partial charge is 0.355 e. The lowest BCUT2D eigenvalue weighted by atomic mass is 10.1. The number of aryl methyl sites for hydroxylation is 1. The van der Waals surface area contributed by atoms with Gasteiger partial charge in [0.25, 0.3) is 5.69 Å². The van der Waals surface area contributed by atoms with E-state index in [9.17, 15) is 14.5 Å². The molecule has 0 spiro atoms. The van der Waals surface area contributed by atoms with E-state index < -0.39 is 4.92 Å². The number of anilines is 2. The molecule has 0 aliphatic rings. The van der Waals surface area contributed by atoms with Crippen LogP contribution in [0.15, 0.2) is 48.7 Å². The van der Waals surface area contributed by atoms with E-state index in [0.717, 1.165) is 11.3 Å².